The summed E-state index contributed by atoms with van der Waals surface area (Å²) in [6, 6.07) is 33.6. The van der Waals surface area contributed by atoms with Gasteiger partial charge in [-0.1, -0.05) is 46.6 Å². The van der Waals surface area contributed by atoms with Crippen molar-refractivity contribution in [3.05, 3.63) is 103 Å². The van der Waals surface area contributed by atoms with Gasteiger partial charge in [-0.05, 0) is 41.1 Å². The Morgan fingerprint density at radius 1 is 0.703 bits per heavy atom. The maximum Gasteiger partial charge on any atom is 2.00 e. The number of aromatic nitrogens is 3. The second kappa shape index (κ2) is 8.77. The number of hydrogen-bond acceptors (Lipinski definition) is 5. The predicted molar refractivity (Wildman–Crippen MR) is 149 cm³/mol. The fourth-order valence-electron chi connectivity index (χ4n) is 4.87. The first-order valence-electron chi connectivity index (χ1n) is 11.5. The number of para-hydroxylation sites is 1. The van der Waals surface area contributed by atoms with Crippen molar-refractivity contribution < 1.29 is 25.8 Å². The van der Waals surface area contributed by atoms with E-state index in [4.69, 9.17) is 4.74 Å². The van der Waals surface area contributed by atoms with Gasteiger partial charge in [0, 0.05) is 43.6 Å². The zero-order valence-corrected chi connectivity index (χ0v) is 22.9. The Hall–Kier alpha value is -3.57. The van der Waals surface area contributed by atoms with Gasteiger partial charge in [0.25, 0.3) is 0 Å². The van der Waals surface area contributed by atoms with Crippen molar-refractivity contribution in [2.24, 2.45) is 0 Å². The van der Waals surface area contributed by atoms with E-state index in [0.717, 1.165) is 43.9 Å². The molecule has 7 heteroatoms. The van der Waals surface area contributed by atoms with Gasteiger partial charge in [-0.25, -0.2) is 4.98 Å². The topological polar surface area (TPSA) is 39.9 Å². The minimum atomic E-state index is 0. The minimum Gasteiger partial charge on any atom is -0.503 e. The molecule has 0 spiro atoms. The van der Waals surface area contributed by atoms with Gasteiger partial charge in [-0.15, -0.1) is 40.3 Å². The Morgan fingerprint density at radius 3 is 2.43 bits per heavy atom. The fraction of sp³-hybridized carbons (Fsp3) is 0. The number of hydrogen-bond donors (Lipinski definition) is 0. The van der Waals surface area contributed by atoms with Crippen LogP contribution in [0.25, 0.3) is 57.3 Å². The van der Waals surface area contributed by atoms with Crippen LogP contribution < -0.4 is 4.74 Å². The molecule has 0 amide bonds. The standard InChI is InChI=1S/C30H15N3OS2.Pt/c1-2-7-23-20(6-1)21-12-10-19(17-24(21)33(23)27-9-3-4-14-31-27)34-18-11-13-25-22(16-18)28-29-26(8-5-15-32-29)36-30(28)35-25;/h1-15H;/q-2;+2. The molecule has 0 radical (unpaired) electrons. The van der Waals surface area contributed by atoms with Crippen LogP contribution >= 0.6 is 22.7 Å². The molecule has 0 aliphatic carbocycles. The second-order valence-corrected chi connectivity index (χ2v) is 10.9. The van der Waals surface area contributed by atoms with Crippen LogP contribution in [0.1, 0.15) is 0 Å². The summed E-state index contributed by atoms with van der Waals surface area (Å²) in [5, 5.41) is 4.49. The molecule has 37 heavy (non-hydrogen) atoms. The molecular weight excluding hydrogens is 678 g/mol. The molecule has 8 aromatic rings. The predicted octanol–water partition coefficient (Wildman–Crippen LogP) is 8.55. The Kier molecular flexibility index (Phi) is 5.36. The summed E-state index contributed by atoms with van der Waals surface area (Å²) in [5.74, 6) is 2.15. The number of pyridine rings is 2. The van der Waals surface area contributed by atoms with Crippen LogP contribution in [-0.2, 0) is 21.1 Å². The number of fused-ring (bicyclic) bond motifs is 8. The summed E-state index contributed by atoms with van der Waals surface area (Å²) in [4.78, 5) is 9.24. The van der Waals surface area contributed by atoms with Crippen LogP contribution in [0.15, 0.2) is 91.3 Å². The first kappa shape index (κ1) is 22.6. The average molecular weight is 693 g/mol. The molecule has 3 aromatic carbocycles. The maximum atomic E-state index is 6.33. The number of thiophene rings is 2. The summed E-state index contributed by atoms with van der Waals surface area (Å²) >= 11 is 3.56. The third-order valence-corrected chi connectivity index (χ3v) is 8.79. The molecule has 4 nitrogen and oxygen atoms in total. The van der Waals surface area contributed by atoms with E-state index < -0.39 is 0 Å². The zero-order chi connectivity index (χ0) is 23.6. The van der Waals surface area contributed by atoms with E-state index in [2.05, 4.69) is 63.1 Å². The molecule has 0 unspecified atom stereocenters. The summed E-state index contributed by atoms with van der Waals surface area (Å²) in [6.45, 7) is 0. The van der Waals surface area contributed by atoms with E-state index in [1.807, 2.05) is 54.9 Å². The number of ether oxygens (including phenoxy) is 1. The first-order valence-corrected chi connectivity index (χ1v) is 13.1. The molecule has 8 rings (SSSR count). The first-order chi connectivity index (χ1) is 17.8. The van der Waals surface area contributed by atoms with Gasteiger partial charge >= 0.3 is 21.1 Å². The molecule has 0 saturated carbocycles. The van der Waals surface area contributed by atoms with Crippen LogP contribution in [0.3, 0.4) is 0 Å². The van der Waals surface area contributed by atoms with Gasteiger partial charge in [0.15, 0.2) is 0 Å². The summed E-state index contributed by atoms with van der Waals surface area (Å²) in [7, 11) is 0. The van der Waals surface area contributed by atoms with Crippen LogP contribution in [0.5, 0.6) is 11.5 Å². The second-order valence-electron chi connectivity index (χ2n) is 8.51. The van der Waals surface area contributed by atoms with Crippen molar-refractivity contribution in [2.75, 3.05) is 0 Å². The van der Waals surface area contributed by atoms with Crippen molar-refractivity contribution in [1.29, 1.82) is 0 Å². The Morgan fingerprint density at radius 2 is 1.51 bits per heavy atom. The quantitative estimate of drug-likeness (QED) is 0.174. The Balaban J connectivity index is 0.00000231. The average Bonchev–Trinajstić information content (AvgIpc) is 3.56. The van der Waals surface area contributed by atoms with Crippen molar-refractivity contribution >= 4 is 74.2 Å². The third kappa shape index (κ3) is 3.51. The largest absolute Gasteiger partial charge is 2.00 e. The van der Waals surface area contributed by atoms with Crippen molar-refractivity contribution in [2.45, 2.75) is 0 Å². The molecule has 0 bridgehead atoms. The van der Waals surface area contributed by atoms with Gasteiger partial charge in [0.05, 0.1) is 0 Å². The monoisotopic (exact) mass is 692 g/mol. The molecule has 5 aromatic heterocycles. The fourth-order valence-corrected chi connectivity index (χ4v) is 7.36. The van der Waals surface area contributed by atoms with E-state index >= 15 is 0 Å². The van der Waals surface area contributed by atoms with Gasteiger partial charge in [0.2, 0.25) is 0 Å². The molecule has 0 fully saturated rings. The van der Waals surface area contributed by atoms with Gasteiger partial charge < -0.3 is 9.30 Å². The smallest absolute Gasteiger partial charge is 0.503 e. The molecule has 5 heterocycles. The van der Waals surface area contributed by atoms with Crippen molar-refractivity contribution in [3.63, 3.8) is 0 Å². The van der Waals surface area contributed by atoms with Crippen LogP contribution in [0.4, 0.5) is 0 Å². The third-order valence-electron chi connectivity index (χ3n) is 6.40. The van der Waals surface area contributed by atoms with E-state index in [1.54, 1.807) is 22.7 Å². The Labute approximate surface area is 234 Å². The normalized spacial score (nSPS) is 11.6. The van der Waals surface area contributed by atoms with Crippen molar-refractivity contribution in [1.82, 2.24) is 14.5 Å². The SMILES string of the molecule is [Pt+2].[c-]1c(Oc2[c-]c3c(cc2)c2ccccc2n3-c2ccccn2)ccc2sc3sc4cccnc4c3c12. The molecule has 0 aliphatic heterocycles. The van der Waals surface area contributed by atoms with Crippen LogP contribution in [-0.4, -0.2) is 14.5 Å². The van der Waals surface area contributed by atoms with Crippen molar-refractivity contribution in [3.8, 4) is 17.3 Å². The van der Waals surface area contributed by atoms with E-state index in [1.165, 1.54) is 13.4 Å². The van der Waals surface area contributed by atoms with E-state index in [9.17, 15) is 0 Å². The van der Waals surface area contributed by atoms with Gasteiger partial charge in [0.1, 0.15) is 5.82 Å². The maximum absolute atomic E-state index is 6.33. The Bertz CT molecular complexity index is 2090. The molecule has 0 atom stereocenters. The summed E-state index contributed by atoms with van der Waals surface area (Å²) in [6.07, 6.45) is 3.66. The van der Waals surface area contributed by atoms with Gasteiger partial charge in [-0.2, -0.15) is 17.4 Å². The summed E-state index contributed by atoms with van der Waals surface area (Å²) < 4.78 is 12.1. The molecular formula is C30H15N3OPtS2. The number of benzene rings is 3. The number of nitrogens with zero attached hydrogens (tertiary/aromatic N) is 3. The minimum absolute atomic E-state index is 0. The molecule has 0 N–H and O–H groups in total. The molecule has 0 saturated heterocycles. The van der Waals surface area contributed by atoms with E-state index in [-0.39, 0.29) is 21.1 Å². The van der Waals surface area contributed by atoms with Crippen LogP contribution in [0, 0.1) is 12.1 Å². The number of rotatable bonds is 3. The molecule has 0 aliphatic rings. The van der Waals surface area contributed by atoms with Gasteiger partial charge in [-0.3, -0.25) is 4.98 Å². The van der Waals surface area contributed by atoms with Crippen LogP contribution in [0.2, 0.25) is 0 Å². The molecule has 178 valence electrons. The summed E-state index contributed by atoms with van der Waals surface area (Å²) in [5.41, 5.74) is 3.05. The van der Waals surface area contributed by atoms with E-state index in [0.29, 0.717) is 11.5 Å². The zero-order valence-electron chi connectivity index (χ0n) is 19.0.